The fourth-order valence-corrected chi connectivity index (χ4v) is 8.68. The van der Waals surface area contributed by atoms with Gasteiger partial charge < -0.3 is 9.47 Å². The number of hydrogen-bond acceptors (Lipinski definition) is 2. The van der Waals surface area contributed by atoms with Crippen LogP contribution in [0.25, 0.3) is 69.6 Å². The highest BCUT2D eigenvalue weighted by Gasteiger charge is 2.21. The molecule has 0 spiro atoms. The molecule has 8 aromatic carbocycles. The van der Waals surface area contributed by atoms with Gasteiger partial charge in [-0.05, 0) is 71.6 Å². The SMILES string of the molecule is c1cc(N(c2ccccc2-c2ccc3sc4ccccc4c3c2)c2cccc3ccccc23)cc(-n2c3ccccc3c3ccccc32)c1. The molecule has 3 heteroatoms. The van der Waals surface area contributed by atoms with E-state index in [2.05, 4.69) is 191 Å². The molecular formula is C46H30N2S. The van der Waals surface area contributed by atoms with Crippen LogP contribution in [0.4, 0.5) is 17.1 Å². The van der Waals surface area contributed by atoms with Crippen LogP contribution >= 0.6 is 11.3 Å². The van der Waals surface area contributed by atoms with Gasteiger partial charge in [-0.25, -0.2) is 0 Å². The second-order valence-electron chi connectivity index (χ2n) is 12.5. The number of fused-ring (bicyclic) bond motifs is 7. The molecule has 0 aliphatic heterocycles. The van der Waals surface area contributed by atoms with Crippen molar-refractivity contribution in [2.75, 3.05) is 4.90 Å². The zero-order valence-corrected chi connectivity index (χ0v) is 27.4. The second kappa shape index (κ2) is 11.2. The molecule has 10 aromatic rings. The molecule has 0 unspecified atom stereocenters. The largest absolute Gasteiger partial charge is 0.309 e. The van der Waals surface area contributed by atoms with E-state index in [4.69, 9.17) is 0 Å². The highest BCUT2D eigenvalue weighted by atomic mass is 32.1. The van der Waals surface area contributed by atoms with E-state index in [-0.39, 0.29) is 0 Å². The average molecular weight is 643 g/mol. The van der Waals surface area contributed by atoms with Crippen LogP contribution in [-0.4, -0.2) is 4.57 Å². The van der Waals surface area contributed by atoms with Gasteiger partial charge >= 0.3 is 0 Å². The van der Waals surface area contributed by atoms with Gasteiger partial charge in [-0.2, -0.15) is 0 Å². The van der Waals surface area contributed by atoms with Crippen molar-refractivity contribution in [3.05, 3.63) is 182 Å². The molecule has 0 bridgehead atoms. The van der Waals surface area contributed by atoms with Crippen LogP contribution in [0.15, 0.2) is 182 Å². The Labute approximate surface area is 288 Å². The molecular weight excluding hydrogens is 613 g/mol. The standard InChI is InChI=1S/C46H30N2S/c1-2-17-35-31(13-1)14-11-25-42(35)47(33-15-12-16-34(30-33)48-43-23-8-4-19-37(43)38-20-5-9-24-44(38)48)41-22-7-3-18-36(41)32-27-28-46-40(29-32)39-21-6-10-26-45(39)49-46/h1-30H. The summed E-state index contributed by atoms with van der Waals surface area (Å²) in [5, 5.41) is 7.56. The van der Waals surface area contributed by atoms with E-state index in [1.54, 1.807) is 0 Å². The summed E-state index contributed by atoms with van der Waals surface area (Å²) in [6.45, 7) is 0. The normalized spacial score (nSPS) is 11.7. The van der Waals surface area contributed by atoms with Gasteiger partial charge in [0.2, 0.25) is 0 Å². The van der Waals surface area contributed by atoms with Crippen molar-refractivity contribution in [2.45, 2.75) is 0 Å². The molecule has 0 radical (unpaired) electrons. The Balaban J connectivity index is 1.23. The number of hydrogen-bond donors (Lipinski definition) is 0. The number of anilines is 3. The first-order chi connectivity index (χ1) is 24.3. The lowest BCUT2D eigenvalue weighted by atomic mass is 9.99. The average Bonchev–Trinajstić information content (AvgIpc) is 3.71. The molecule has 0 aliphatic rings. The number of benzene rings is 8. The van der Waals surface area contributed by atoms with Crippen molar-refractivity contribution in [1.29, 1.82) is 0 Å². The number of rotatable bonds is 5. The van der Waals surface area contributed by atoms with Crippen molar-refractivity contribution >= 4 is 81.1 Å². The maximum atomic E-state index is 2.45. The molecule has 0 N–H and O–H groups in total. The van der Waals surface area contributed by atoms with Crippen LogP contribution in [0, 0.1) is 0 Å². The van der Waals surface area contributed by atoms with Crippen molar-refractivity contribution in [3.63, 3.8) is 0 Å². The highest BCUT2D eigenvalue weighted by Crippen LogP contribution is 2.45. The predicted octanol–water partition coefficient (Wildman–Crippen LogP) is 13.4. The minimum Gasteiger partial charge on any atom is -0.309 e. The summed E-state index contributed by atoms with van der Waals surface area (Å²) in [6.07, 6.45) is 0. The molecule has 49 heavy (non-hydrogen) atoms. The van der Waals surface area contributed by atoms with E-state index >= 15 is 0 Å². The van der Waals surface area contributed by atoms with E-state index < -0.39 is 0 Å². The predicted molar refractivity (Wildman–Crippen MR) is 211 cm³/mol. The zero-order valence-electron chi connectivity index (χ0n) is 26.6. The Morgan fingerprint density at radius 3 is 1.86 bits per heavy atom. The molecule has 0 amide bonds. The number of aromatic nitrogens is 1. The van der Waals surface area contributed by atoms with Crippen LogP contribution in [-0.2, 0) is 0 Å². The topological polar surface area (TPSA) is 8.17 Å². The van der Waals surface area contributed by atoms with Gasteiger partial charge in [-0.3, -0.25) is 0 Å². The Morgan fingerprint density at radius 2 is 1.02 bits per heavy atom. The Morgan fingerprint density at radius 1 is 0.408 bits per heavy atom. The maximum absolute atomic E-state index is 2.45. The Bertz CT molecular complexity index is 2800. The van der Waals surface area contributed by atoms with Crippen molar-refractivity contribution in [3.8, 4) is 16.8 Å². The van der Waals surface area contributed by atoms with E-state index in [0.29, 0.717) is 0 Å². The summed E-state index contributed by atoms with van der Waals surface area (Å²) in [4.78, 5) is 2.45. The molecule has 2 heterocycles. The van der Waals surface area contributed by atoms with Crippen LogP contribution in [0.2, 0.25) is 0 Å². The third-order valence-corrected chi connectivity index (χ3v) is 10.9. The van der Waals surface area contributed by atoms with E-state index in [1.165, 1.54) is 63.9 Å². The third-order valence-electron chi connectivity index (χ3n) is 9.77. The zero-order chi connectivity index (χ0) is 32.3. The third kappa shape index (κ3) is 4.47. The van der Waals surface area contributed by atoms with Crippen molar-refractivity contribution < 1.29 is 0 Å². The van der Waals surface area contributed by atoms with Crippen LogP contribution in [0.5, 0.6) is 0 Å². The summed E-state index contributed by atoms with van der Waals surface area (Å²) in [5.74, 6) is 0. The first kappa shape index (κ1) is 27.9. The highest BCUT2D eigenvalue weighted by molar-refractivity contribution is 7.25. The fraction of sp³-hybridized carbons (Fsp3) is 0. The quantitative estimate of drug-likeness (QED) is 0.181. The van der Waals surface area contributed by atoms with Gasteiger partial charge in [0.05, 0.1) is 22.4 Å². The molecule has 2 aromatic heterocycles. The molecule has 2 nitrogen and oxygen atoms in total. The summed E-state index contributed by atoms with van der Waals surface area (Å²) in [5.41, 5.74) is 9.31. The van der Waals surface area contributed by atoms with Crippen molar-refractivity contribution in [2.24, 2.45) is 0 Å². The maximum Gasteiger partial charge on any atom is 0.0541 e. The van der Waals surface area contributed by atoms with Crippen LogP contribution in [0.1, 0.15) is 0 Å². The first-order valence-corrected chi connectivity index (χ1v) is 17.5. The molecule has 0 atom stereocenters. The molecule has 0 fully saturated rings. The molecule has 0 saturated carbocycles. The lowest BCUT2D eigenvalue weighted by Crippen LogP contribution is -2.12. The minimum atomic E-state index is 1.10. The van der Waals surface area contributed by atoms with Crippen LogP contribution < -0.4 is 4.90 Å². The Kier molecular flexibility index (Phi) is 6.39. The van der Waals surface area contributed by atoms with Gasteiger partial charge in [-0.15, -0.1) is 11.3 Å². The fourth-order valence-electron chi connectivity index (χ4n) is 7.59. The minimum absolute atomic E-state index is 1.10. The second-order valence-corrected chi connectivity index (χ2v) is 13.6. The molecule has 10 rings (SSSR count). The smallest absolute Gasteiger partial charge is 0.0541 e. The van der Waals surface area contributed by atoms with Crippen molar-refractivity contribution in [1.82, 2.24) is 4.57 Å². The number of thiophene rings is 1. The summed E-state index contributed by atoms with van der Waals surface area (Å²) in [6, 6.07) is 66.3. The summed E-state index contributed by atoms with van der Waals surface area (Å²) in [7, 11) is 0. The lowest BCUT2D eigenvalue weighted by molar-refractivity contribution is 1.17. The number of nitrogens with zero attached hydrogens (tertiary/aromatic N) is 2. The van der Waals surface area contributed by atoms with E-state index in [9.17, 15) is 0 Å². The Hall–Kier alpha value is -6.16. The number of para-hydroxylation sites is 3. The van der Waals surface area contributed by atoms with Gasteiger partial charge in [0, 0.05) is 53.3 Å². The van der Waals surface area contributed by atoms with Crippen LogP contribution in [0.3, 0.4) is 0 Å². The lowest BCUT2D eigenvalue weighted by Gasteiger charge is -2.29. The van der Waals surface area contributed by atoms with E-state index in [0.717, 1.165) is 22.7 Å². The van der Waals surface area contributed by atoms with E-state index in [1.807, 2.05) is 11.3 Å². The molecule has 230 valence electrons. The molecule has 0 saturated heterocycles. The van der Waals surface area contributed by atoms with Gasteiger partial charge in [0.25, 0.3) is 0 Å². The molecule has 0 aliphatic carbocycles. The monoisotopic (exact) mass is 642 g/mol. The summed E-state index contributed by atoms with van der Waals surface area (Å²) < 4.78 is 5.03. The summed E-state index contributed by atoms with van der Waals surface area (Å²) >= 11 is 1.86. The van der Waals surface area contributed by atoms with Gasteiger partial charge in [0.15, 0.2) is 0 Å². The van der Waals surface area contributed by atoms with Gasteiger partial charge in [0.1, 0.15) is 0 Å². The first-order valence-electron chi connectivity index (χ1n) is 16.7. The van der Waals surface area contributed by atoms with Gasteiger partial charge in [-0.1, -0.05) is 121 Å².